The van der Waals surface area contributed by atoms with Gasteiger partial charge in [-0.25, -0.2) is 4.79 Å². The van der Waals surface area contributed by atoms with Gasteiger partial charge in [-0.2, -0.15) is 0 Å². The van der Waals surface area contributed by atoms with Gasteiger partial charge in [-0.15, -0.1) is 10.2 Å². The van der Waals surface area contributed by atoms with E-state index < -0.39 is 5.97 Å². The maximum Gasteiger partial charge on any atom is 0.358 e. The van der Waals surface area contributed by atoms with Crippen LogP contribution in [0.15, 0.2) is 24.3 Å². The van der Waals surface area contributed by atoms with Gasteiger partial charge < -0.3 is 10.0 Å². The molecule has 0 amide bonds. The Morgan fingerprint density at radius 1 is 1.37 bits per heavy atom. The lowest BCUT2D eigenvalue weighted by Gasteiger charge is -2.25. The summed E-state index contributed by atoms with van der Waals surface area (Å²) in [6.07, 6.45) is 2.23. The molecule has 19 heavy (non-hydrogen) atoms. The first kappa shape index (κ1) is 11.9. The molecule has 0 saturated heterocycles. The van der Waals surface area contributed by atoms with Gasteiger partial charge in [0.15, 0.2) is 5.69 Å². The van der Waals surface area contributed by atoms with Crippen molar-refractivity contribution in [1.82, 2.24) is 10.2 Å². The van der Waals surface area contributed by atoms with E-state index in [2.05, 4.69) is 15.1 Å². The smallest absolute Gasteiger partial charge is 0.358 e. The van der Waals surface area contributed by atoms with Crippen LogP contribution < -0.4 is 4.90 Å². The molecule has 1 N–H and O–H groups in total. The van der Waals surface area contributed by atoms with Gasteiger partial charge in [-0.1, -0.05) is 18.2 Å². The normalized spacial score (nSPS) is 14.6. The molecule has 1 fully saturated rings. The minimum Gasteiger partial charge on any atom is -0.476 e. The summed E-state index contributed by atoms with van der Waals surface area (Å²) in [6, 6.07) is 8.00. The third-order valence-corrected chi connectivity index (χ3v) is 3.46. The first-order chi connectivity index (χ1) is 9.22. The summed E-state index contributed by atoms with van der Waals surface area (Å²) in [5, 5.41) is 18.1. The highest BCUT2D eigenvalue weighted by Crippen LogP contribution is 2.36. The fraction of sp³-hybridized carbons (Fsp3) is 0.357. The van der Waals surface area contributed by atoms with Gasteiger partial charge in [0.25, 0.3) is 0 Å². The molecule has 0 spiro atoms. The molecule has 1 aliphatic rings. The molecule has 3 rings (SSSR count). The molecule has 0 radical (unpaired) electrons. The fourth-order valence-corrected chi connectivity index (χ4v) is 2.46. The van der Waals surface area contributed by atoms with Crippen molar-refractivity contribution in [2.45, 2.75) is 25.8 Å². The maximum absolute atomic E-state index is 11.4. The summed E-state index contributed by atoms with van der Waals surface area (Å²) >= 11 is 0. The van der Waals surface area contributed by atoms with Crippen LogP contribution in [-0.4, -0.2) is 33.9 Å². The molecular weight excluding hydrogens is 242 g/mol. The molecule has 2 aromatic rings. The van der Waals surface area contributed by atoms with Crippen LogP contribution in [0.2, 0.25) is 0 Å². The maximum atomic E-state index is 11.4. The molecular formula is C14H15N3O2. The van der Waals surface area contributed by atoms with Crippen molar-refractivity contribution in [2.75, 3.05) is 11.4 Å². The Kier molecular flexibility index (Phi) is 2.81. The molecule has 5 nitrogen and oxygen atoms in total. The Hall–Kier alpha value is -2.17. The monoisotopic (exact) mass is 257 g/mol. The summed E-state index contributed by atoms with van der Waals surface area (Å²) in [7, 11) is 0. The van der Waals surface area contributed by atoms with E-state index in [1.165, 1.54) is 0 Å². The van der Waals surface area contributed by atoms with Gasteiger partial charge >= 0.3 is 5.97 Å². The zero-order valence-corrected chi connectivity index (χ0v) is 10.7. The van der Waals surface area contributed by atoms with Crippen molar-refractivity contribution in [2.24, 2.45) is 0 Å². The molecule has 0 aliphatic heterocycles. The quantitative estimate of drug-likeness (QED) is 0.910. The van der Waals surface area contributed by atoms with E-state index in [0.717, 1.165) is 30.3 Å². The molecule has 1 aliphatic carbocycles. The average molecular weight is 257 g/mol. The third kappa shape index (κ3) is 2.01. The van der Waals surface area contributed by atoms with Gasteiger partial charge in [-0.05, 0) is 25.8 Å². The van der Waals surface area contributed by atoms with E-state index in [0.29, 0.717) is 11.7 Å². The number of nitrogens with zero attached hydrogens (tertiary/aromatic N) is 3. The second-order valence-corrected chi connectivity index (χ2v) is 4.74. The summed E-state index contributed by atoms with van der Waals surface area (Å²) in [5.74, 6) is -1.02. The lowest BCUT2D eigenvalue weighted by Crippen LogP contribution is -2.28. The van der Waals surface area contributed by atoms with E-state index >= 15 is 0 Å². The van der Waals surface area contributed by atoms with Gasteiger partial charge in [-0.3, -0.25) is 0 Å². The first-order valence-electron chi connectivity index (χ1n) is 6.47. The van der Waals surface area contributed by atoms with Gasteiger partial charge in [0.1, 0.15) is 0 Å². The molecule has 1 heterocycles. The SMILES string of the molecule is CCN(c1c(C(=O)O)nnc2ccccc12)C1CC1. The minimum absolute atomic E-state index is 0.0486. The predicted octanol–water partition coefficient (Wildman–Crippen LogP) is 2.32. The number of hydrogen-bond acceptors (Lipinski definition) is 4. The summed E-state index contributed by atoms with van der Waals surface area (Å²) in [6.45, 7) is 2.82. The Bertz CT molecular complexity index is 638. The van der Waals surface area contributed by atoms with Crippen molar-refractivity contribution in [1.29, 1.82) is 0 Å². The van der Waals surface area contributed by atoms with Crippen molar-refractivity contribution in [3.8, 4) is 0 Å². The van der Waals surface area contributed by atoms with Crippen LogP contribution >= 0.6 is 0 Å². The Balaban J connectivity index is 2.27. The van der Waals surface area contributed by atoms with E-state index in [1.54, 1.807) is 0 Å². The largest absolute Gasteiger partial charge is 0.476 e. The standard InChI is InChI=1S/C14H15N3O2/c1-2-17(9-7-8-9)13-10-5-3-4-6-11(10)15-16-12(13)14(18)19/h3-6,9H,2,7-8H2,1H3,(H,18,19). The Morgan fingerprint density at radius 2 is 2.11 bits per heavy atom. The molecule has 0 unspecified atom stereocenters. The number of anilines is 1. The van der Waals surface area contributed by atoms with Crippen molar-refractivity contribution in [3.05, 3.63) is 30.0 Å². The van der Waals surface area contributed by atoms with Crippen LogP contribution in [0.5, 0.6) is 0 Å². The van der Waals surface area contributed by atoms with Gasteiger partial charge in [0.2, 0.25) is 0 Å². The first-order valence-corrected chi connectivity index (χ1v) is 6.47. The number of benzene rings is 1. The molecule has 1 aromatic carbocycles. The number of fused-ring (bicyclic) bond motifs is 1. The Morgan fingerprint density at radius 3 is 2.74 bits per heavy atom. The molecule has 98 valence electrons. The molecule has 0 bridgehead atoms. The van der Waals surface area contributed by atoms with Crippen LogP contribution in [0.25, 0.3) is 10.9 Å². The van der Waals surface area contributed by atoms with Crippen LogP contribution in [0.1, 0.15) is 30.3 Å². The molecule has 5 heteroatoms. The van der Waals surface area contributed by atoms with Crippen molar-refractivity contribution >= 4 is 22.6 Å². The van der Waals surface area contributed by atoms with Gasteiger partial charge in [0, 0.05) is 18.0 Å². The lowest BCUT2D eigenvalue weighted by atomic mass is 10.1. The van der Waals surface area contributed by atoms with Crippen LogP contribution in [0, 0.1) is 0 Å². The van der Waals surface area contributed by atoms with Crippen molar-refractivity contribution < 1.29 is 9.90 Å². The van der Waals surface area contributed by atoms with E-state index in [-0.39, 0.29) is 5.69 Å². The van der Waals surface area contributed by atoms with Crippen molar-refractivity contribution in [3.63, 3.8) is 0 Å². The van der Waals surface area contributed by atoms with Crippen LogP contribution in [0.3, 0.4) is 0 Å². The van der Waals surface area contributed by atoms with E-state index in [4.69, 9.17) is 0 Å². The lowest BCUT2D eigenvalue weighted by molar-refractivity contribution is 0.0690. The summed E-state index contributed by atoms with van der Waals surface area (Å²) < 4.78 is 0. The molecule has 0 atom stereocenters. The highest BCUT2D eigenvalue weighted by molar-refractivity contribution is 6.03. The predicted molar refractivity (Wildman–Crippen MR) is 72.5 cm³/mol. The topological polar surface area (TPSA) is 66.3 Å². The zero-order valence-electron chi connectivity index (χ0n) is 10.7. The van der Waals surface area contributed by atoms with E-state index in [1.807, 2.05) is 31.2 Å². The summed E-state index contributed by atoms with van der Waals surface area (Å²) in [5.41, 5.74) is 1.50. The number of rotatable bonds is 4. The second-order valence-electron chi connectivity index (χ2n) is 4.74. The summed E-state index contributed by atoms with van der Waals surface area (Å²) in [4.78, 5) is 13.5. The minimum atomic E-state index is -1.02. The average Bonchev–Trinajstić information content (AvgIpc) is 3.24. The number of carboxylic acids is 1. The number of aromatic nitrogens is 2. The fourth-order valence-electron chi connectivity index (χ4n) is 2.46. The van der Waals surface area contributed by atoms with Gasteiger partial charge in [0.05, 0.1) is 11.2 Å². The Labute approximate surface area is 110 Å². The number of aromatic carboxylic acids is 1. The van der Waals surface area contributed by atoms with Crippen LogP contribution in [0.4, 0.5) is 5.69 Å². The molecule has 1 saturated carbocycles. The number of hydrogen-bond donors (Lipinski definition) is 1. The third-order valence-electron chi connectivity index (χ3n) is 3.46. The van der Waals surface area contributed by atoms with E-state index in [9.17, 15) is 9.90 Å². The number of carbonyl (C=O) groups is 1. The number of carboxylic acid groups (broad SMARTS) is 1. The zero-order chi connectivity index (χ0) is 13.4. The highest BCUT2D eigenvalue weighted by Gasteiger charge is 2.32. The second kappa shape index (κ2) is 4.50. The molecule has 1 aromatic heterocycles. The highest BCUT2D eigenvalue weighted by atomic mass is 16.4. The van der Waals surface area contributed by atoms with Crippen LogP contribution in [-0.2, 0) is 0 Å².